The molecule has 4 amide bonds. The molecule has 0 aromatic carbocycles. The van der Waals surface area contributed by atoms with Gasteiger partial charge in [-0.05, 0) is 48.0 Å². The van der Waals surface area contributed by atoms with E-state index < -0.39 is 11.1 Å². The van der Waals surface area contributed by atoms with Crippen LogP contribution in [0.5, 0.6) is 0 Å². The zero-order valence-electron chi connectivity index (χ0n) is 16.5. The summed E-state index contributed by atoms with van der Waals surface area (Å²) in [6.07, 6.45) is 3.26. The Labute approximate surface area is 181 Å². The minimum absolute atomic E-state index is 0.0133. The first kappa shape index (κ1) is 26.2. The van der Waals surface area contributed by atoms with Crippen molar-refractivity contribution in [3.8, 4) is 0 Å². The number of hydrogen-bond donors (Lipinski definition) is 2. The van der Waals surface area contributed by atoms with E-state index >= 15 is 0 Å². The van der Waals surface area contributed by atoms with Gasteiger partial charge in [0.05, 0.1) is 0 Å². The number of urea groups is 2. The molecule has 0 heterocycles. The first-order valence-corrected chi connectivity index (χ1v) is 9.87. The van der Waals surface area contributed by atoms with Crippen molar-refractivity contribution in [1.82, 2.24) is 20.4 Å². The largest absolute Gasteiger partial charge is 0.338 e. The Morgan fingerprint density at radius 3 is 1.26 bits per heavy atom. The number of nitrogens with zero attached hydrogens (tertiary/aromatic N) is 2. The Morgan fingerprint density at radius 1 is 0.741 bits per heavy atom. The van der Waals surface area contributed by atoms with Crippen LogP contribution in [0.25, 0.3) is 0 Å². The maximum absolute atomic E-state index is 12.3. The first-order valence-electron chi connectivity index (χ1n) is 8.36. The minimum Gasteiger partial charge on any atom is -0.338 e. The maximum atomic E-state index is 12.3. The van der Waals surface area contributed by atoms with Crippen LogP contribution >= 0.6 is 46.4 Å². The summed E-state index contributed by atoms with van der Waals surface area (Å²) < 4.78 is -0.0266. The molecule has 0 aliphatic rings. The summed E-state index contributed by atoms with van der Waals surface area (Å²) in [7, 11) is 0. The van der Waals surface area contributed by atoms with Crippen molar-refractivity contribution in [1.29, 1.82) is 0 Å². The Bertz CT molecular complexity index is 522. The van der Waals surface area contributed by atoms with E-state index in [1.807, 2.05) is 41.5 Å². The van der Waals surface area contributed by atoms with Gasteiger partial charge in [0.15, 0.2) is 0 Å². The summed E-state index contributed by atoms with van der Waals surface area (Å²) in [5.74, 6) is 0. The molecule has 0 unspecified atom stereocenters. The lowest BCUT2D eigenvalue weighted by atomic mass is 10.1. The molecule has 0 fully saturated rings. The molecule has 6 nitrogen and oxygen atoms in total. The van der Waals surface area contributed by atoms with E-state index in [-0.39, 0.29) is 21.0 Å². The van der Waals surface area contributed by atoms with E-state index in [4.69, 9.17) is 46.4 Å². The average molecular weight is 462 g/mol. The van der Waals surface area contributed by atoms with Crippen LogP contribution in [0, 0.1) is 0 Å². The van der Waals surface area contributed by atoms with Gasteiger partial charge in [0.1, 0.15) is 8.98 Å². The molecule has 0 rings (SSSR count). The van der Waals surface area contributed by atoms with E-state index in [1.165, 1.54) is 22.2 Å². The van der Waals surface area contributed by atoms with Gasteiger partial charge in [0, 0.05) is 36.6 Å². The Balaban J connectivity index is 4.57. The summed E-state index contributed by atoms with van der Waals surface area (Å²) >= 11 is 22.7. The summed E-state index contributed by atoms with van der Waals surface area (Å²) in [6.45, 7) is 11.9. The smallest absolute Gasteiger partial charge is 0.321 e. The van der Waals surface area contributed by atoms with Gasteiger partial charge in [0.25, 0.3) is 0 Å². The second-order valence-electron chi connectivity index (χ2n) is 7.74. The van der Waals surface area contributed by atoms with Crippen molar-refractivity contribution in [3.63, 3.8) is 0 Å². The SMILES string of the molecule is CC(C)(C)N(C=C(Cl)Cl)C(=O)NCCCNC(=O)N(C=C(Cl)Cl)C(C)(C)C. The van der Waals surface area contributed by atoms with Gasteiger partial charge in [-0.1, -0.05) is 46.4 Å². The lowest BCUT2D eigenvalue weighted by Gasteiger charge is -2.33. The van der Waals surface area contributed by atoms with Gasteiger partial charge in [0.2, 0.25) is 0 Å². The van der Waals surface area contributed by atoms with E-state index in [1.54, 1.807) is 0 Å². The van der Waals surface area contributed by atoms with Crippen molar-refractivity contribution in [2.45, 2.75) is 59.0 Å². The highest BCUT2D eigenvalue weighted by Crippen LogP contribution is 2.19. The maximum Gasteiger partial charge on any atom is 0.321 e. The summed E-state index contributed by atoms with van der Waals surface area (Å²) in [5, 5.41) is 5.53. The van der Waals surface area contributed by atoms with E-state index in [0.717, 1.165) is 0 Å². The topological polar surface area (TPSA) is 64.7 Å². The fraction of sp³-hybridized carbons (Fsp3) is 0.647. The lowest BCUT2D eigenvalue weighted by Crippen LogP contribution is -2.48. The number of carbonyl (C=O) groups is 2. The van der Waals surface area contributed by atoms with Crippen LogP contribution in [0.1, 0.15) is 48.0 Å². The van der Waals surface area contributed by atoms with Crippen molar-refractivity contribution >= 4 is 58.5 Å². The molecule has 10 heteroatoms. The van der Waals surface area contributed by atoms with Gasteiger partial charge in [-0.2, -0.15) is 0 Å². The molecule has 156 valence electrons. The molecule has 2 N–H and O–H groups in total. The number of carbonyl (C=O) groups excluding carboxylic acids is 2. The molecule has 0 aliphatic carbocycles. The molecule has 0 bridgehead atoms. The lowest BCUT2D eigenvalue weighted by molar-refractivity contribution is 0.177. The molecule has 0 radical (unpaired) electrons. The predicted molar refractivity (Wildman–Crippen MR) is 114 cm³/mol. The summed E-state index contributed by atoms with van der Waals surface area (Å²) in [4.78, 5) is 27.4. The van der Waals surface area contributed by atoms with Crippen LogP contribution in [0.15, 0.2) is 21.4 Å². The standard InChI is InChI=1S/C17H28Cl4N4O2/c1-16(2,3)24(10-12(18)19)14(26)22-8-7-9-23-15(27)25(11-13(20)21)17(4,5)6/h10-11H,7-9H2,1-6H3,(H,22,26)(H,23,27). The van der Waals surface area contributed by atoms with Gasteiger partial charge in [-0.15, -0.1) is 0 Å². The van der Waals surface area contributed by atoms with Crippen molar-refractivity contribution in [2.75, 3.05) is 13.1 Å². The third-order valence-corrected chi connectivity index (χ3v) is 3.63. The zero-order valence-corrected chi connectivity index (χ0v) is 19.5. The van der Waals surface area contributed by atoms with Gasteiger partial charge < -0.3 is 10.6 Å². The monoisotopic (exact) mass is 460 g/mol. The van der Waals surface area contributed by atoms with Crippen LogP contribution in [0.3, 0.4) is 0 Å². The summed E-state index contributed by atoms with van der Waals surface area (Å²) in [6, 6.07) is -0.665. The highest BCUT2D eigenvalue weighted by molar-refractivity contribution is 6.56. The summed E-state index contributed by atoms with van der Waals surface area (Å²) in [5.41, 5.74) is -0.985. The van der Waals surface area contributed by atoms with Gasteiger partial charge in [-0.25, -0.2) is 9.59 Å². The first-order chi connectivity index (χ1) is 12.2. The van der Waals surface area contributed by atoms with Crippen LogP contribution in [0.2, 0.25) is 0 Å². The second-order valence-corrected chi connectivity index (χ2v) is 9.75. The molecular formula is C17H28Cl4N4O2. The van der Waals surface area contributed by atoms with E-state index in [2.05, 4.69) is 10.6 Å². The molecule has 0 aromatic heterocycles. The van der Waals surface area contributed by atoms with Crippen molar-refractivity contribution in [2.24, 2.45) is 0 Å². The number of halogens is 4. The van der Waals surface area contributed by atoms with Gasteiger partial charge >= 0.3 is 12.1 Å². The number of amides is 4. The third kappa shape index (κ3) is 10.9. The van der Waals surface area contributed by atoms with Gasteiger partial charge in [-0.3, -0.25) is 9.80 Å². The molecule has 27 heavy (non-hydrogen) atoms. The molecule has 0 saturated heterocycles. The second kappa shape index (κ2) is 11.2. The highest BCUT2D eigenvalue weighted by Gasteiger charge is 2.26. The predicted octanol–water partition coefficient (Wildman–Crippen LogP) is 5.55. The quantitative estimate of drug-likeness (QED) is 0.509. The van der Waals surface area contributed by atoms with Crippen LogP contribution in [-0.4, -0.2) is 46.0 Å². The Morgan fingerprint density at radius 2 is 1.04 bits per heavy atom. The van der Waals surface area contributed by atoms with Crippen molar-refractivity contribution < 1.29 is 9.59 Å². The molecule has 0 spiro atoms. The number of nitrogens with one attached hydrogen (secondary N) is 2. The van der Waals surface area contributed by atoms with Crippen molar-refractivity contribution in [3.05, 3.63) is 21.4 Å². The molecule has 0 aliphatic heterocycles. The third-order valence-electron chi connectivity index (χ3n) is 3.24. The number of hydrogen-bond acceptors (Lipinski definition) is 2. The minimum atomic E-state index is -0.492. The molecule has 0 aromatic rings. The van der Waals surface area contributed by atoms with Crippen LogP contribution in [0.4, 0.5) is 9.59 Å². The van der Waals surface area contributed by atoms with E-state index in [0.29, 0.717) is 19.5 Å². The Kier molecular flexibility index (Phi) is 10.9. The Hall–Kier alpha value is -0.820. The van der Waals surface area contributed by atoms with E-state index in [9.17, 15) is 9.59 Å². The molecular weight excluding hydrogens is 434 g/mol. The molecule has 0 saturated carbocycles. The average Bonchev–Trinajstić information content (AvgIpc) is 2.47. The fourth-order valence-corrected chi connectivity index (χ4v) is 2.35. The molecule has 0 atom stereocenters. The highest BCUT2D eigenvalue weighted by atomic mass is 35.5. The fourth-order valence-electron chi connectivity index (χ4n) is 1.96. The normalized spacial score (nSPS) is 11.3. The number of rotatable bonds is 6. The van der Waals surface area contributed by atoms with Crippen LogP contribution in [-0.2, 0) is 0 Å². The zero-order chi connectivity index (χ0) is 21.4. The van der Waals surface area contributed by atoms with Crippen LogP contribution < -0.4 is 10.6 Å².